The van der Waals surface area contributed by atoms with Gasteiger partial charge in [0.1, 0.15) is 0 Å². The molecule has 0 saturated carbocycles. The lowest BCUT2D eigenvalue weighted by Gasteiger charge is -2.18. The van der Waals surface area contributed by atoms with Gasteiger partial charge in [-0.1, -0.05) is 206 Å². The number of aromatic nitrogens is 4. The first-order valence-corrected chi connectivity index (χ1v) is 24.2. The lowest BCUT2D eigenvalue weighted by Crippen LogP contribution is -1.92. The Kier molecular flexibility index (Phi) is 12.0. The third-order valence-electron chi connectivity index (χ3n) is 13.4. The van der Waals surface area contributed by atoms with E-state index in [9.17, 15) is 0 Å². The number of nitrogens with zero attached hydrogens (tertiary/aromatic N) is 4. The molecule has 0 unspecified atom stereocenters. The van der Waals surface area contributed by atoms with Crippen LogP contribution in [-0.4, -0.2) is 19.9 Å². The Bertz CT molecular complexity index is 3630. The van der Waals surface area contributed by atoms with E-state index in [-0.39, 0.29) is 0 Å². The van der Waals surface area contributed by atoms with Gasteiger partial charge >= 0.3 is 0 Å². The van der Waals surface area contributed by atoms with Crippen molar-refractivity contribution in [2.45, 2.75) is 0 Å². The fourth-order valence-corrected chi connectivity index (χ4v) is 9.74. The number of pyridine rings is 2. The molecule has 0 aliphatic rings. The maximum absolute atomic E-state index is 4.78. The van der Waals surface area contributed by atoms with E-state index >= 15 is 0 Å². The Morgan fingerprint density at radius 1 is 0.167 bits per heavy atom. The van der Waals surface area contributed by atoms with Crippen LogP contribution in [0, 0.1) is 0 Å². The molecule has 0 bridgehead atoms. The van der Waals surface area contributed by atoms with E-state index in [2.05, 4.69) is 247 Å². The van der Waals surface area contributed by atoms with Crippen LogP contribution in [-0.2, 0) is 0 Å². The van der Waals surface area contributed by atoms with E-state index in [0.29, 0.717) is 5.82 Å². The molecule has 0 N–H and O–H groups in total. The zero-order valence-electron chi connectivity index (χ0n) is 39.3. The Morgan fingerprint density at radius 2 is 0.472 bits per heavy atom. The van der Waals surface area contributed by atoms with Gasteiger partial charge in [-0.15, -0.1) is 0 Å². The zero-order valence-corrected chi connectivity index (χ0v) is 39.3. The molecule has 0 fully saturated rings. The molecule has 9 aromatic carbocycles. The molecule has 0 amide bonds. The largest absolute Gasteiger partial charge is 0.256 e. The van der Waals surface area contributed by atoms with Crippen molar-refractivity contribution in [3.63, 3.8) is 0 Å². The van der Waals surface area contributed by atoms with Crippen molar-refractivity contribution < 1.29 is 0 Å². The van der Waals surface area contributed by atoms with E-state index in [1.807, 2.05) is 30.6 Å². The molecular formula is C68H46N4. The molecular weight excluding hydrogens is 873 g/mol. The highest BCUT2D eigenvalue weighted by molar-refractivity contribution is 5.94. The molecule has 0 spiro atoms. The van der Waals surface area contributed by atoms with Gasteiger partial charge in [0.15, 0.2) is 5.82 Å². The Balaban J connectivity index is 0.956. The molecule has 0 atom stereocenters. The van der Waals surface area contributed by atoms with Crippen LogP contribution in [0.2, 0.25) is 0 Å². The van der Waals surface area contributed by atoms with Crippen molar-refractivity contribution in [1.82, 2.24) is 19.9 Å². The van der Waals surface area contributed by atoms with Gasteiger partial charge in [0.05, 0.1) is 11.4 Å². The minimum absolute atomic E-state index is 0.708. The first-order chi connectivity index (χ1) is 35.7. The lowest BCUT2D eigenvalue weighted by molar-refractivity contribution is 1.18. The van der Waals surface area contributed by atoms with Crippen LogP contribution in [0.3, 0.4) is 0 Å². The van der Waals surface area contributed by atoms with E-state index in [4.69, 9.17) is 9.97 Å². The number of hydrogen-bond donors (Lipinski definition) is 0. The standard InChI is InChI=1S/C68H46N4/c1-3-14-47(15-4-1)55-36-40-69-66(45-55)52-30-24-49(25-31-52)60-18-7-10-21-63(60)57-42-58(44-59(43-57)65-23-12-9-20-62(65)51-28-34-54(35-29-51)68-71-38-13-39-72-68)64-22-11-8-19-61(64)50-26-32-53(33-27-50)67-46-56(37-41-70-67)48-16-5-2-6-17-48/h1-46H. The predicted octanol–water partition coefficient (Wildman–Crippen LogP) is 17.6. The molecule has 0 aliphatic carbocycles. The van der Waals surface area contributed by atoms with E-state index in [1.165, 1.54) is 11.1 Å². The summed E-state index contributed by atoms with van der Waals surface area (Å²) < 4.78 is 0. The van der Waals surface area contributed by atoms with Crippen LogP contribution in [0.15, 0.2) is 280 Å². The number of hydrogen-bond acceptors (Lipinski definition) is 4. The van der Waals surface area contributed by atoms with Crippen LogP contribution in [0.5, 0.6) is 0 Å². The molecule has 12 rings (SSSR count). The molecule has 3 aromatic heterocycles. The van der Waals surface area contributed by atoms with Gasteiger partial charge in [-0.05, 0) is 138 Å². The second kappa shape index (κ2) is 19.8. The quantitative estimate of drug-likeness (QED) is 0.130. The van der Waals surface area contributed by atoms with Gasteiger partial charge in [-0.3, -0.25) is 9.97 Å². The summed E-state index contributed by atoms with van der Waals surface area (Å²) in [6.45, 7) is 0. The summed E-state index contributed by atoms with van der Waals surface area (Å²) in [4.78, 5) is 18.6. The van der Waals surface area contributed by atoms with E-state index in [0.717, 1.165) is 106 Å². The molecule has 4 heteroatoms. The smallest absolute Gasteiger partial charge is 0.159 e. The SMILES string of the molecule is c1ccc(-c2ccnc(-c3ccc(-c4ccccc4-c4cc(-c5ccccc5-c5ccc(-c6cc(-c7ccccc7)ccn6)cc5)cc(-c5ccccc5-c5ccc(-c6ncccn6)cc5)c4)cc3)c2)cc1. The van der Waals surface area contributed by atoms with Gasteiger partial charge in [-0.25, -0.2) is 9.97 Å². The average molecular weight is 919 g/mol. The molecule has 12 aromatic rings. The summed E-state index contributed by atoms with van der Waals surface area (Å²) in [5, 5.41) is 0. The molecule has 0 saturated heterocycles. The van der Waals surface area contributed by atoms with Crippen LogP contribution >= 0.6 is 0 Å². The van der Waals surface area contributed by atoms with Gasteiger partial charge in [0, 0.05) is 41.5 Å². The molecule has 338 valence electrons. The second-order valence-corrected chi connectivity index (χ2v) is 17.8. The lowest BCUT2D eigenvalue weighted by atomic mass is 9.86. The summed E-state index contributed by atoms with van der Waals surface area (Å²) in [6, 6.07) is 90.8. The van der Waals surface area contributed by atoms with Crippen molar-refractivity contribution in [3.05, 3.63) is 280 Å². The average Bonchev–Trinajstić information content (AvgIpc) is 3.48. The van der Waals surface area contributed by atoms with Gasteiger partial charge in [0.25, 0.3) is 0 Å². The fourth-order valence-electron chi connectivity index (χ4n) is 9.74. The second-order valence-electron chi connectivity index (χ2n) is 17.8. The minimum atomic E-state index is 0.708. The molecule has 0 aliphatic heterocycles. The molecule has 72 heavy (non-hydrogen) atoms. The topological polar surface area (TPSA) is 51.6 Å². The van der Waals surface area contributed by atoms with E-state index < -0.39 is 0 Å². The Hall–Kier alpha value is -9.64. The maximum Gasteiger partial charge on any atom is 0.159 e. The maximum atomic E-state index is 4.78. The third-order valence-corrected chi connectivity index (χ3v) is 13.4. The Morgan fingerprint density at radius 3 is 0.833 bits per heavy atom. The van der Waals surface area contributed by atoms with Crippen LogP contribution in [0.25, 0.3) is 123 Å². The summed E-state index contributed by atoms with van der Waals surface area (Å²) in [5.41, 5.74) is 23.3. The highest BCUT2D eigenvalue weighted by Gasteiger charge is 2.17. The van der Waals surface area contributed by atoms with E-state index in [1.54, 1.807) is 12.4 Å². The van der Waals surface area contributed by atoms with Crippen LogP contribution in [0.1, 0.15) is 0 Å². The van der Waals surface area contributed by atoms with Gasteiger partial charge < -0.3 is 0 Å². The number of benzene rings is 9. The van der Waals surface area contributed by atoms with Crippen molar-refractivity contribution in [1.29, 1.82) is 0 Å². The molecule has 4 nitrogen and oxygen atoms in total. The first kappa shape index (κ1) is 43.6. The predicted molar refractivity (Wildman–Crippen MR) is 297 cm³/mol. The normalized spacial score (nSPS) is 11.1. The number of rotatable bonds is 11. The summed E-state index contributed by atoms with van der Waals surface area (Å²) >= 11 is 0. The monoisotopic (exact) mass is 918 g/mol. The first-order valence-electron chi connectivity index (χ1n) is 24.2. The zero-order chi connectivity index (χ0) is 48.1. The van der Waals surface area contributed by atoms with Crippen molar-refractivity contribution in [2.24, 2.45) is 0 Å². The van der Waals surface area contributed by atoms with Gasteiger partial charge in [-0.2, -0.15) is 0 Å². The van der Waals surface area contributed by atoms with Crippen molar-refractivity contribution >= 4 is 0 Å². The highest BCUT2D eigenvalue weighted by atomic mass is 14.8. The van der Waals surface area contributed by atoms with Crippen molar-refractivity contribution in [3.8, 4) is 123 Å². The summed E-state index contributed by atoms with van der Waals surface area (Å²) in [5.74, 6) is 0.708. The summed E-state index contributed by atoms with van der Waals surface area (Å²) in [7, 11) is 0. The third kappa shape index (κ3) is 9.04. The highest BCUT2D eigenvalue weighted by Crippen LogP contribution is 2.43. The summed E-state index contributed by atoms with van der Waals surface area (Å²) in [6.07, 6.45) is 7.36. The van der Waals surface area contributed by atoms with Crippen molar-refractivity contribution in [2.75, 3.05) is 0 Å². The molecule has 0 radical (unpaired) electrons. The fraction of sp³-hybridized carbons (Fsp3) is 0. The Labute approximate surface area is 420 Å². The van der Waals surface area contributed by atoms with Crippen LogP contribution in [0.4, 0.5) is 0 Å². The molecule has 3 heterocycles. The van der Waals surface area contributed by atoms with Crippen LogP contribution < -0.4 is 0 Å². The van der Waals surface area contributed by atoms with Gasteiger partial charge in [0.2, 0.25) is 0 Å². The minimum Gasteiger partial charge on any atom is -0.256 e.